The molecule has 0 bridgehead atoms. The molecule has 0 spiro atoms. The zero-order valence-corrected chi connectivity index (χ0v) is 11.2. The highest BCUT2D eigenvalue weighted by atomic mass is 32.1. The third-order valence-electron chi connectivity index (χ3n) is 3.25. The van der Waals surface area contributed by atoms with E-state index >= 15 is 0 Å². The average molecular weight is 252 g/mol. The molecule has 0 aliphatic rings. The fourth-order valence-electron chi connectivity index (χ4n) is 1.90. The van der Waals surface area contributed by atoms with E-state index in [4.69, 9.17) is 12.2 Å². The number of halogens is 1. The Hall–Kier alpha value is -1.16. The lowest BCUT2D eigenvalue weighted by Gasteiger charge is -2.10. The molecular formula is C13H17FN2S. The molecule has 0 aliphatic heterocycles. The maximum Gasteiger partial charge on any atom is 0.178 e. The number of aromatic amines is 1. The van der Waals surface area contributed by atoms with Crippen molar-refractivity contribution in [2.45, 2.75) is 33.7 Å². The van der Waals surface area contributed by atoms with Crippen LogP contribution in [0, 0.1) is 23.4 Å². The molecule has 4 heteroatoms. The normalized spacial score (nSPS) is 13.2. The monoisotopic (exact) mass is 252 g/mol. The van der Waals surface area contributed by atoms with E-state index in [1.165, 1.54) is 6.07 Å². The van der Waals surface area contributed by atoms with Gasteiger partial charge in [-0.2, -0.15) is 0 Å². The number of hydrogen-bond acceptors (Lipinski definition) is 1. The molecule has 0 amide bonds. The molecule has 1 atom stereocenters. The Morgan fingerprint density at radius 1 is 1.47 bits per heavy atom. The molecular weight excluding hydrogens is 235 g/mol. The lowest BCUT2D eigenvalue weighted by Crippen LogP contribution is -2.06. The molecule has 1 unspecified atom stereocenters. The number of hydrogen-bond donors (Lipinski definition) is 1. The maximum absolute atomic E-state index is 13.5. The number of nitrogens with one attached hydrogen (secondary N) is 1. The van der Waals surface area contributed by atoms with Gasteiger partial charge in [-0.1, -0.05) is 20.3 Å². The van der Waals surface area contributed by atoms with E-state index in [2.05, 4.69) is 23.4 Å². The first-order valence-corrected chi connectivity index (χ1v) is 6.32. The van der Waals surface area contributed by atoms with E-state index in [-0.39, 0.29) is 5.82 Å². The minimum Gasteiger partial charge on any atom is -0.330 e. The Labute approximate surface area is 105 Å². The van der Waals surface area contributed by atoms with Gasteiger partial charge in [0.2, 0.25) is 0 Å². The minimum atomic E-state index is -0.190. The number of imidazole rings is 1. The molecule has 1 N–H and O–H groups in total. The highest BCUT2D eigenvalue weighted by molar-refractivity contribution is 7.71. The highest BCUT2D eigenvalue weighted by Crippen LogP contribution is 2.20. The average Bonchev–Trinajstić information content (AvgIpc) is 2.56. The summed E-state index contributed by atoms with van der Waals surface area (Å²) in [6.07, 6.45) is 1.11. The topological polar surface area (TPSA) is 20.7 Å². The van der Waals surface area contributed by atoms with Crippen LogP contribution >= 0.6 is 12.2 Å². The van der Waals surface area contributed by atoms with Crippen molar-refractivity contribution in [2.24, 2.45) is 5.92 Å². The third kappa shape index (κ3) is 2.27. The molecule has 2 nitrogen and oxygen atoms in total. The first kappa shape index (κ1) is 12.3. The molecule has 17 heavy (non-hydrogen) atoms. The van der Waals surface area contributed by atoms with Crippen LogP contribution in [0.3, 0.4) is 0 Å². The third-order valence-corrected chi connectivity index (χ3v) is 3.57. The molecule has 1 aromatic carbocycles. The van der Waals surface area contributed by atoms with Crippen molar-refractivity contribution < 1.29 is 4.39 Å². The molecule has 1 aromatic heterocycles. The first-order chi connectivity index (χ1) is 8.02. The van der Waals surface area contributed by atoms with Crippen LogP contribution in [0.5, 0.6) is 0 Å². The predicted molar refractivity (Wildman–Crippen MR) is 71.3 cm³/mol. The summed E-state index contributed by atoms with van der Waals surface area (Å²) in [5.74, 6) is 0.371. The number of rotatable bonds is 3. The van der Waals surface area contributed by atoms with Crippen LogP contribution in [0.1, 0.15) is 25.8 Å². The van der Waals surface area contributed by atoms with E-state index < -0.39 is 0 Å². The van der Waals surface area contributed by atoms with Crippen LogP contribution in [-0.2, 0) is 6.54 Å². The Bertz CT molecular complexity index is 597. The molecule has 0 aliphatic carbocycles. The molecule has 2 aromatic rings. The van der Waals surface area contributed by atoms with Gasteiger partial charge in [0, 0.05) is 6.54 Å². The van der Waals surface area contributed by atoms with Crippen molar-refractivity contribution >= 4 is 23.3 Å². The Balaban J connectivity index is 2.58. The first-order valence-electron chi connectivity index (χ1n) is 5.91. The zero-order chi connectivity index (χ0) is 12.6. The number of aryl methyl sites for hydroxylation is 1. The number of nitrogens with zero attached hydrogens (tertiary/aromatic N) is 1. The second-order valence-electron chi connectivity index (χ2n) is 4.67. The molecule has 0 saturated carbocycles. The minimum absolute atomic E-state index is 0.190. The highest BCUT2D eigenvalue weighted by Gasteiger charge is 2.09. The van der Waals surface area contributed by atoms with Gasteiger partial charge < -0.3 is 9.55 Å². The largest absolute Gasteiger partial charge is 0.330 e. The van der Waals surface area contributed by atoms with Gasteiger partial charge in [-0.3, -0.25) is 0 Å². The number of aromatic nitrogens is 2. The predicted octanol–water partition coefficient (Wildman–Crippen LogP) is 4.19. The summed E-state index contributed by atoms with van der Waals surface area (Å²) in [5, 5.41) is 0. The van der Waals surface area contributed by atoms with E-state index in [1.807, 2.05) is 6.07 Å². The second kappa shape index (κ2) is 4.61. The van der Waals surface area contributed by atoms with Crippen LogP contribution in [0.2, 0.25) is 0 Å². The second-order valence-corrected chi connectivity index (χ2v) is 5.06. The fraction of sp³-hybridized carbons (Fsp3) is 0.462. The summed E-state index contributed by atoms with van der Waals surface area (Å²) in [4.78, 5) is 3.06. The van der Waals surface area contributed by atoms with Crippen LogP contribution < -0.4 is 0 Å². The molecule has 1 heterocycles. The summed E-state index contributed by atoms with van der Waals surface area (Å²) in [7, 11) is 0. The lowest BCUT2D eigenvalue weighted by molar-refractivity contribution is 0.473. The van der Waals surface area contributed by atoms with Crippen LogP contribution in [0.15, 0.2) is 12.1 Å². The van der Waals surface area contributed by atoms with E-state index in [1.54, 1.807) is 6.92 Å². The summed E-state index contributed by atoms with van der Waals surface area (Å²) >= 11 is 5.29. The smallest absolute Gasteiger partial charge is 0.178 e. The van der Waals surface area contributed by atoms with Crippen molar-refractivity contribution in [1.82, 2.24) is 9.55 Å². The molecule has 2 rings (SSSR count). The molecule has 0 radical (unpaired) electrons. The van der Waals surface area contributed by atoms with Crippen molar-refractivity contribution in [3.8, 4) is 0 Å². The van der Waals surface area contributed by atoms with Gasteiger partial charge >= 0.3 is 0 Å². The standard InChI is InChI=1S/C13H17FN2S/c1-4-8(2)7-16-12-5-9(3)10(14)6-11(12)15-13(16)17/h5-6,8H,4,7H2,1-3H3,(H,15,17). The van der Waals surface area contributed by atoms with Gasteiger partial charge in [0.25, 0.3) is 0 Å². The lowest BCUT2D eigenvalue weighted by atomic mass is 10.1. The van der Waals surface area contributed by atoms with Gasteiger partial charge in [0.15, 0.2) is 4.77 Å². The van der Waals surface area contributed by atoms with Gasteiger partial charge in [-0.15, -0.1) is 0 Å². The van der Waals surface area contributed by atoms with Crippen molar-refractivity contribution in [3.63, 3.8) is 0 Å². The van der Waals surface area contributed by atoms with E-state index in [0.29, 0.717) is 16.3 Å². The van der Waals surface area contributed by atoms with Crippen LogP contribution in [0.4, 0.5) is 4.39 Å². The SMILES string of the molecule is CCC(C)Cn1c(=S)[nH]c2cc(F)c(C)cc21. The summed E-state index contributed by atoms with van der Waals surface area (Å²) in [6, 6.07) is 3.38. The van der Waals surface area contributed by atoms with E-state index in [0.717, 1.165) is 24.0 Å². The van der Waals surface area contributed by atoms with Crippen LogP contribution in [-0.4, -0.2) is 9.55 Å². The summed E-state index contributed by atoms with van der Waals surface area (Å²) < 4.78 is 16.2. The Morgan fingerprint density at radius 3 is 2.82 bits per heavy atom. The number of fused-ring (bicyclic) bond motifs is 1. The Kier molecular flexibility index (Phi) is 3.33. The molecule has 0 saturated heterocycles. The number of H-pyrrole nitrogens is 1. The van der Waals surface area contributed by atoms with Gasteiger partial charge in [-0.25, -0.2) is 4.39 Å². The molecule has 0 fully saturated rings. The van der Waals surface area contributed by atoms with Gasteiger partial charge in [-0.05, 0) is 42.8 Å². The maximum atomic E-state index is 13.5. The quantitative estimate of drug-likeness (QED) is 0.812. The van der Waals surface area contributed by atoms with Crippen LogP contribution in [0.25, 0.3) is 11.0 Å². The summed E-state index contributed by atoms with van der Waals surface area (Å²) in [5.41, 5.74) is 2.43. The summed E-state index contributed by atoms with van der Waals surface area (Å²) in [6.45, 7) is 7.00. The Morgan fingerprint density at radius 2 is 2.18 bits per heavy atom. The van der Waals surface area contributed by atoms with Crippen molar-refractivity contribution in [1.29, 1.82) is 0 Å². The van der Waals surface area contributed by atoms with Gasteiger partial charge in [0.05, 0.1) is 11.0 Å². The number of benzene rings is 1. The van der Waals surface area contributed by atoms with Crippen molar-refractivity contribution in [3.05, 3.63) is 28.3 Å². The van der Waals surface area contributed by atoms with E-state index in [9.17, 15) is 4.39 Å². The van der Waals surface area contributed by atoms with Crippen molar-refractivity contribution in [2.75, 3.05) is 0 Å². The zero-order valence-electron chi connectivity index (χ0n) is 10.4. The molecule has 92 valence electrons. The van der Waals surface area contributed by atoms with Gasteiger partial charge in [0.1, 0.15) is 5.82 Å². The fourth-order valence-corrected chi connectivity index (χ4v) is 2.19.